The van der Waals surface area contributed by atoms with Crippen molar-refractivity contribution in [1.82, 2.24) is 5.32 Å². The maximum Gasteiger partial charge on any atom is 0.223 e. The van der Waals surface area contributed by atoms with Gasteiger partial charge >= 0.3 is 0 Å². The van der Waals surface area contributed by atoms with Crippen LogP contribution in [0.1, 0.15) is 35.0 Å². The molecule has 0 spiro atoms. The lowest BCUT2D eigenvalue weighted by Gasteiger charge is -2.19. The molecule has 29 heavy (non-hydrogen) atoms. The predicted molar refractivity (Wildman–Crippen MR) is 110 cm³/mol. The Morgan fingerprint density at radius 1 is 1.24 bits per heavy atom. The highest BCUT2D eigenvalue weighted by Gasteiger charge is 2.40. The third kappa shape index (κ3) is 3.39. The fraction of sp³-hybridized carbons (Fsp3) is 0.391. The fourth-order valence-electron chi connectivity index (χ4n) is 4.79. The van der Waals surface area contributed by atoms with Gasteiger partial charge in [-0.3, -0.25) is 9.59 Å². The quantitative estimate of drug-likeness (QED) is 0.587. The molecule has 2 bridgehead atoms. The highest BCUT2D eigenvalue weighted by molar-refractivity contribution is 7.17. The van der Waals surface area contributed by atoms with E-state index in [0.717, 1.165) is 23.3 Å². The van der Waals surface area contributed by atoms with E-state index in [1.807, 2.05) is 6.07 Å². The van der Waals surface area contributed by atoms with Crippen LogP contribution in [-0.2, 0) is 11.2 Å². The molecule has 1 aliphatic heterocycles. The van der Waals surface area contributed by atoms with Crippen molar-refractivity contribution in [2.75, 3.05) is 6.54 Å². The Kier molecular flexibility index (Phi) is 4.54. The molecule has 1 saturated carbocycles. The van der Waals surface area contributed by atoms with E-state index < -0.39 is 0 Å². The lowest BCUT2D eigenvalue weighted by molar-refractivity contribution is -0.126. The summed E-state index contributed by atoms with van der Waals surface area (Å²) in [7, 11) is 0. The Balaban J connectivity index is 1.29. The molecule has 3 aliphatic rings. The highest BCUT2D eigenvalue weighted by Crippen LogP contribution is 2.44. The Morgan fingerprint density at radius 3 is 2.79 bits per heavy atom. The molecule has 1 aromatic carbocycles. The standard InChI is InChI=1S/C23H22FNO3S/c1-12(26)20-4-5-21(29-20)19-10-16(24)8-15-9-17(28-22(15)19)11-25-23(27)18-7-13-2-3-14(18)6-13/h2-5,8,10,13-14,17-18H,6-7,9,11H2,1H3,(H,25,27)/t13-,14+,17?,18+/m1/s1. The first-order valence-electron chi connectivity index (χ1n) is 10.0. The van der Waals surface area contributed by atoms with Crippen molar-refractivity contribution in [3.8, 4) is 16.2 Å². The van der Waals surface area contributed by atoms with Crippen LogP contribution >= 0.6 is 11.3 Å². The number of hydrogen-bond acceptors (Lipinski definition) is 4. The first kappa shape index (κ1) is 18.6. The van der Waals surface area contributed by atoms with E-state index >= 15 is 0 Å². The van der Waals surface area contributed by atoms with Crippen LogP contribution in [0, 0.1) is 23.6 Å². The Labute approximate surface area is 172 Å². The van der Waals surface area contributed by atoms with Gasteiger partial charge < -0.3 is 10.1 Å². The smallest absolute Gasteiger partial charge is 0.223 e. The molecule has 150 valence electrons. The van der Waals surface area contributed by atoms with Gasteiger partial charge in [0.1, 0.15) is 17.7 Å². The SMILES string of the molecule is CC(=O)c1ccc(-c2cc(F)cc3c2OC(CNC(=O)[C@H]2C[C@@H]4C=C[C@H]2C4)C3)s1. The van der Waals surface area contributed by atoms with E-state index in [9.17, 15) is 14.0 Å². The highest BCUT2D eigenvalue weighted by atomic mass is 32.1. The molecular formula is C23H22FNO3S. The monoisotopic (exact) mass is 411 g/mol. The number of thiophene rings is 1. The van der Waals surface area contributed by atoms with E-state index in [0.29, 0.717) is 41.0 Å². The average molecular weight is 411 g/mol. The predicted octanol–water partition coefficient (Wildman–Crippen LogP) is 4.39. The van der Waals surface area contributed by atoms with E-state index in [-0.39, 0.29) is 29.5 Å². The number of Topliss-reactive ketones (excluding diaryl/α,β-unsaturated/α-hetero) is 1. The van der Waals surface area contributed by atoms with E-state index in [2.05, 4.69) is 17.5 Å². The van der Waals surface area contributed by atoms with Crippen molar-refractivity contribution in [1.29, 1.82) is 0 Å². The number of carbonyl (C=O) groups excluding carboxylic acids is 2. The number of rotatable bonds is 5. The molecule has 6 heteroatoms. The second kappa shape index (κ2) is 7.10. The van der Waals surface area contributed by atoms with Gasteiger partial charge in [0, 0.05) is 28.3 Å². The number of benzene rings is 1. The maximum absolute atomic E-state index is 14.2. The number of halogens is 1. The van der Waals surface area contributed by atoms with Gasteiger partial charge in [-0.05, 0) is 55.9 Å². The summed E-state index contributed by atoms with van der Waals surface area (Å²) in [6.45, 7) is 1.93. The van der Waals surface area contributed by atoms with Gasteiger partial charge in [-0.15, -0.1) is 11.3 Å². The van der Waals surface area contributed by atoms with Crippen molar-refractivity contribution in [3.05, 3.63) is 52.7 Å². The van der Waals surface area contributed by atoms with Gasteiger partial charge in [0.15, 0.2) is 5.78 Å². The summed E-state index contributed by atoms with van der Waals surface area (Å²) in [5.74, 6) is 1.42. The van der Waals surface area contributed by atoms with Gasteiger partial charge in [-0.1, -0.05) is 12.2 Å². The Hall–Kier alpha value is -2.47. The Bertz CT molecular complexity index is 1030. The second-order valence-electron chi connectivity index (χ2n) is 8.24. The van der Waals surface area contributed by atoms with Crippen LogP contribution in [0.4, 0.5) is 4.39 Å². The van der Waals surface area contributed by atoms with Crippen LogP contribution in [-0.4, -0.2) is 24.3 Å². The fourth-order valence-corrected chi connectivity index (χ4v) is 5.71. The molecule has 2 heterocycles. The van der Waals surface area contributed by atoms with Crippen molar-refractivity contribution in [3.63, 3.8) is 0 Å². The molecule has 1 fully saturated rings. The van der Waals surface area contributed by atoms with E-state index in [1.165, 1.54) is 30.4 Å². The van der Waals surface area contributed by atoms with Crippen molar-refractivity contribution >= 4 is 23.0 Å². The van der Waals surface area contributed by atoms with Gasteiger partial charge in [0.2, 0.25) is 5.91 Å². The second-order valence-corrected chi connectivity index (χ2v) is 9.32. The van der Waals surface area contributed by atoms with Crippen LogP contribution < -0.4 is 10.1 Å². The third-order valence-electron chi connectivity index (χ3n) is 6.20. The molecular weight excluding hydrogens is 389 g/mol. The van der Waals surface area contributed by atoms with Crippen molar-refractivity contribution in [2.24, 2.45) is 17.8 Å². The lowest BCUT2D eigenvalue weighted by Crippen LogP contribution is -2.39. The number of hydrogen-bond donors (Lipinski definition) is 1. The van der Waals surface area contributed by atoms with Gasteiger partial charge in [-0.25, -0.2) is 4.39 Å². The van der Waals surface area contributed by atoms with Crippen LogP contribution in [0.25, 0.3) is 10.4 Å². The molecule has 2 aliphatic carbocycles. The summed E-state index contributed by atoms with van der Waals surface area (Å²) in [6, 6.07) is 6.55. The molecule has 5 rings (SSSR count). The summed E-state index contributed by atoms with van der Waals surface area (Å²) >= 11 is 1.34. The zero-order chi connectivity index (χ0) is 20.1. The minimum Gasteiger partial charge on any atom is -0.487 e. The lowest BCUT2D eigenvalue weighted by atomic mass is 9.93. The van der Waals surface area contributed by atoms with Crippen LogP contribution in [0.5, 0.6) is 5.75 Å². The largest absolute Gasteiger partial charge is 0.487 e. The first-order valence-corrected chi connectivity index (χ1v) is 10.9. The number of ether oxygens (including phenoxy) is 1. The molecule has 1 amide bonds. The van der Waals surface area contributed by atoms with Gasteiger partial charge in [0.25, 0.3) is 0 Å². The van der Waals surface area contributed by atoms with Crippen molar-refractivity contribution in [2.45, 2.75) is 32.3 Å². The molecule has 4 atom stereocenters. The summed E-state index contributed by atoms with van der Waals surface area (Å²) in [5.41, 5.74) is 1.48. The Morgan fingerprint density at radius 2 is 2.10 bits per heavy atom. The topological polar surface area (TPSA) is 55.4 Å². The van der Waals surface area contributed by atoms with E-state index in [4.69, 9.17) is 4.74 Å². The normalized spacial score (nSPS) is 26.4. The zero-order valence-electron chi connectivity index (χ0n) is 16.1. The minimum atomic E-state index is -0.321. The molecule has 1 N–H and O–H groups in total. The van der Waals surface area contributed by atoms with Crippen LogP contribution in [0.3, 0.4) is 0 Å². The molecule has 2 aromatic rings. The third-order valence-corrected chi connectivity index (χ3v) is 7.42. The van der Waals surface area contributed by atoms with Crippen LogP contribution in [0.15, 0.2) is 36.4 Å². The molecule has 1 unspecified atom stereocenters. The number of carbonyl (C=O) groups is 2. The first-order chi connectivity index (χ1) is 14.0. The van der Waals surface area contributed by atoms with E-state index in [1.54, 1.807) is 6.07 Å². The van der Waals surface area contributed by atoms with Crippen LogP contribution in [0.2, 0.25) is 0 Å². The summed E-state index contributed by atoms with van der Waals surface area (Å²) in [4.78, 5) is 25.6. The number of ketones is 1. The summed E-state index contributed by atoms with van der Waals surface area (Å²) in [6.07, 6.45) is 6.77. The minimum absolute atomic E-state index is 0.00809. The number of nitrogens with one attached hydrogen (secondary N) is 1. The number of fused-ring (bicyclic) bond motifs is 3. The number of amides is 1. The van der Waals surface area contributed by atoms with Gasteiger partial charge in [-0.2, -0.15) is 0 Å². The zero-order valence-corrected chi connectivity index (χ0v) is 16.9. The number of allylic oxidation sites excluding steroid dienone is 2. The molecule has 0 saturated heterocycles. The summed E-state index contributed by atoms with van der Waals surface area (Å²) < 4.78 is 20.3. The van der Waals surface area contributed by atoms with Gasteiger partial charge in [0.05, 0.1) is 11.4 Å². The molecule has 0 radical (unpaired) electrons. The maximum atomic E-state index is 14.2. The van der Waals surface area contributed by atoms with Crippen molar-refractivity contribution < 1.29 is 18.7 Å². The summed E-state index contributed by atoms with van der Waals surface area (Å²) in [5, 5.41) is 3.05. The average Bonchev–Trinajstić information content (AvgIpc) is 3.48. The molecule has 4 nitrogen and oxygen atoms in total. The molecule has 1 aromatic heterocycles.